The van der Waals surface area contributed by atoms with E-state index >= 15 is 0 Å². The van der Waals surface area contributed by atoms with Crippen molar-refractivity contribution in [2.75, 3.05) is 19.0 Å². The number of nitrogens with one attached hydrogen (secondary N) is 1. The van der Waals surface area contributed by atoms with E-state index in [1.54, 1.807) is 43.5 Å². The maximum absolute atomic E-state index is 10.7. The zero-order chi connectivity index (χ0) is 13.7. The Balaban J connectivity index is 2.12. The van der Waals surface area contributed by atoms with Crippen molar-refractivity contribution in [1.29, 1.82) is 0 Å². The van der Waals surface area contributed by atoms with Crippen LogP contribution in [0.3, 0.4) is 0 Å². The summed E-state index contributed by atoms with van der Waals surface area (Å²) in [6.45, 7) is -0.250. The average molecular weight is 262 g/mol. The first-order valence-corrected chi connectivity index (χ1v) is 5.75. The quantitative estimate of drug-likeness (QED) is 0.639. The molecule has 0 amide bonds. The summed E-state index contributed by atoms with van der Waals surface area (Å²) in [5.41, 5.74) is 0.768. The van der Waals surface area contributed by atoms with Crippen molar-refractivity contribution in [2.45, 2.75) is 6.04 Å². The summed E-state index contributed by atoms with van der Waals surface area (Å²) in [4.78, 5) is 10.3. The summed E-state index contributed by atoms with van der Waals surface area (Å²) in [6.07, 6.45) is 1.50. The van der Waals surface area contributed by atoms with Crippen LogP contribution in [-0.2, 0) is 0 Å². The number of methoxy groups -OCH3 is 1. The van der Waals surface area contributed by atoms with Crippen LogP contribution in [0.2, 0.25) is 0 Å². The van der Waals surface area contributed by atoms with Crippen LogP contribution in [-0.4, -0.2) is 18.6 Å². The number of nitro groups is 1. The number of rotatable bonds is 6. The van der Waals surface area contributed by atoms with Gasteiger partial charge in [0.15, 0.2) is 0 Å². The Kier molecular flexibility index (Phi) is 4.02. The molecule has 0 aliphatic heterocycles. The van der Waals surface area contributed by atoms with Gasteiger partial charge in [0, 0.05) is 10.6 Å². The molecule has 0 saturated carbocycles. The number of hydrogen-bond acceptors (Lipinski definition) is 5. The third kappa shape index (κ3) is 3.48. The van der Waals surface area contributed by atoms with Crippen molar-refractivity contribution in [3.8, 4) is 5.75 Å². The summed E-state index contributed by atoms with van der Waals surface area (Å²) in [5.74, 6) is 1.27. The molecule has 1 aromatic heterocycles. The molecule has 6 nitrogen and oxygen atoms in total. The Morgan fingerprint density at radius 2 is 2.11 bits per heavy atom. The fraction of sp³-hybridized carbons (Fsp3) is 0.231. The molecule has 0 spiro atoms. The molecule has 1 N–H and O–H groups in total. The molecule has 1 aromatic carbocycles. The average Bonchev–Trinajstić information content (AvgIpc) is 2.92. The molecule has 1 atom stereocenters. The molecule has 0 fully saturated rings. The molecule has 0 saturated heterocycles. The van der Waals surface area contributed by atoms with Gasteiger partial charge in [0.05, 0.1) is 13.4 Å². The lowest BCUT2D eigenvalue weighted by molar-refractivity contribution is -0.482. The molecular weight excluding hydrogens is 248 g/mol. The normalized spacial score (nSPS) is 11.8. The van der Waals surface area contributed by atoms with Crippen molar-refractivity contribution >= 4 is 5.69 Å². The van der Waals surface area contributed by atoms with E-state index in [2.05, 4.69) is 5.32 Å². The number of furan rings is 1. The minimum absolute atomic E-state index is 0.250. The Labute approximate surface area is 110 Å². The second-order valence-electron chi connectivity index (χ2n) is 3.96. The van der Waals surface area contributed by atoms with Crippen LogP contribution in [0.15, 0.2) is 47.1 Å². The lowest BCUT2D eigenvalue weighted by atomic mass is 10.2. The molecule has 0 bridgehead atoms. The Morgan fingerprint density at radius 1 is 1.37 bits per heavy atom. The number of hydrogen-bond donors (Lipinski definition) is 1. The van der Waals surface area contributed by atoms with E-state index in [0.29, 0.717) is 5.76 Å². The van der Waals surface area contributed by atoms with Crippen molar-refractivity contribution in [3.05, 3.63) is 58.5 Å². The number of nitrogens with zero attached hydrogens (tertiary/aromatic N) is 1. The fourth-order valence-corrected chi connectivity index (χ4v) is 1.73. The van der Waals surface area contributed by atoms with Crippen molar-refractivity contribution in [2.24, 2.45) is 0 Å². The van der Waals surface area contributed by atoms with E-state index in [4.69, 9.17) is 9.15 Å². The van der Waals surface area contributed by atoms with Gasteiger partial charge in [0.2, 0.25) is 6.54 Å². The molecule has 100 valence electrons. The molecule has 6 heteroatoms. The largest absolute Gasteiger partial charge is 0.497 e. The molecule has 0 radical (unpaired) electrons. The molecule has 1 heterocycles. The van der Waals surface area contributed by atoms with Crippen LogP contribution in [0.5, 0.6) is 5.75 Å². The van der Waals surface area contributed by atoms with Gasteiger partial charge in [-0.3, -0.25) is 10.1 Å². The highest BCUT2D eigenvalue weighted by molar-refractivity contribution is 5.47. The molecule has 0 aliphatic rings. The summed E-state index contributed by atoms with van der Waals surface area (Å²) in [5, 5.41) is 13.8. The Hall–Kier alpha value is -2.50. The smallest absolute Gasteiger partial charge is 0.231 e. The second-order valence-corrected chi connectivity index (χ2v) is 3.96. The van der Waals surface area contributed by atoms with E-state index in [1.807, 2.05) is 0 Å². The van der Waals surface area contributed by atoms with Crippen LogP contribution < -0.4 is 10.1 Å². The third-order valence-electron chi connectivity index (χ3n) is 2.65. The molecule has 19 heavy (non-hydrogen) atoms. The first kappa shape index (κ1) is 12.9. The highest BCUT2D eigenvalue weighted by Gasteiger charge is 2.20. The topological polar surface area (TPSA) is 77.5 Å². The SMILES string of the molecule is COc1ccc(NC(C[N+](=O)[O-])c2ccco2)cc1. The summed E-state index contributed by atoms with van der Waals surface area (Å²) in [6, 6.07) is 10.1. The third-order valence-corrected chi connectivity index (χ3v) is 2.65. The second kappa shape index (κ2) is 5.90. The van der Waals surface area contributed by atoms with Crippen LogP contribution in [0.4, 0.5) is 5.69 Å². The molecule has 1 unspecified atom stereocenters. The van der Waals surface area contributed by atoms with Crippen LogP contribution in [0.25, 0.3) is 0 Å². The summed E-state index contributed by atoms with van der Waals surface area (Å²) < 4.78 is 10.3. The van der Waals surface area contributed by atoms with Gasteiger partial charge in [-0.25, -0.2) is 0 Å². The lowest BCUT2D eigenvalue weighted by Crippen LogP contribution is -2.19. The summed E-state index contributed by atoms with van der Waals surface area (Å²) in [7, 11) is 1.58. The minimum atomic E-state index is -0.501. The van der Waals surface area contributed by atoms with E-state index in [1.165, 1.54) is 6.26 Å². The first-order valence-electron chi connectivity index (χ1n) is 5.75. The van der Waals surface area contributed by atoms with Crippen molar-refractivity contribution < 1.29 is 14.1 Å². The fourth-order valence-electron chi connectivity index (χ4n) is 1.73. The van der Waals surface area contributed by atoms with E-state index in [-0.39, 0.29) is 11.5 Å². The zero-order valence-corrected chi connectivity index (χ0v) is 10.4. The van der Waals surface area contributed by atoms with E-state index in [9.17, 15) is 10.1 Å². The van der Waals surface area contributed by atoms with Crippen LogP contribution in [0.1, 0.15) is 11.8 Å². The maximum Gasteiger partial charge on any atom is 0.231 e. The van der Waals surface area contributed by atoms with Gasteiger partial charge in [-0.15, -0.1) is 0 Å². The zero-order valence-electron chi connectivity index (χ0n) is 10.4. The van der Waals surface area contributed by atoms with E-state index < -0.39 is 6.04 Å². The molecule has 0 aliphatic carbocycles. The Morgan fingerprint density at radius 3 is 2.63 bits per heavy atom. The van der Waals surface area contributed by atoms with Crippen LogP contribution in [0, 0.1) is 10.1 Å². The molecule has 2 aromatic rings. The molecule has 2 rings (SSSR count). The van der Waals surface area contributed by atoms with Gasteiger partial charge < -0.3 is 14.5 Å². The number of benzene rings is 1. The highest BCUT2D eigenvalue weighted by atomic mass is 16.6. The van der Waals surface area contributed by atoms with Gasteiger partial charge in [-0.05, 0) is 36.4 Å². The predicted octanol–water partition coefficient (Wildman–Crippen LogP) is 2.72. The lowest BCUT2D eigenvalue weighted by Gasteiger charge is -2.14. The molecular formula is C13H14N2O4. The van der Waals surface area contributed by atoms with Gasteiger partial charge >= 0.3 is 0 Å². The van der Waals surface area contributed by atoms with Gasteiger partial charge in [0.1, 0.15) is 17.6 Å². The monoisotopic (exact) mass is 262 g/mol. The standard InChI is InChI=1S/C13H14N2O4/c1-18-11-6-4-10(5-7-11)14-12(9-15(16)17)13-3-2-8-19-13/h2-8,12,14H,9H2,1H3. The number of ether oxygens (including phenoxy) is 1. The van der Waals surface area contributed by atoms with E-state index in [0.717, 1.165) is 11.4 Å². The van der Waals surface area contributed by atoms with Gasteiger partial charge in [0.25, 0.3) is 0 Å². The minimum Gasteiger partial charge on any atom is -0.497 e. The highest BCUT2D eigenvalue weighted by Crippen LogP contribution is 2.22. The van der Waals surface area contributed by atoms with Gasteiger partial charge in [-0.1, -0.05) is 0 Å². The Bertz CT molecular complexity index is 522. The van der Waals surface area contributed by atoms with Crippen molar-refractivity contribution in [3.63, 3.8) is 0 Å². The number of anilines is 1. The summed E-state index contributed by atoms with van der Waals surface area (Å²) >= 11 is 0. The van der Waals surface area contributed by atoms with Crippen molar-refractivity contribution in [1.82, 2.24) is 0 Å². The first-order chi connectivity index (χ1) is 9.19. The maximum atomic E-state index is 10.7. The van der Waals surface area contributed by atoms with Crippen LogP contribution >= 0.6 is 0 Å². The van der Waals surface area contributed by atoms with Gasteiger partial charge in [-0.2, -0.15) is 0 Å². The predicted molar refractivity (Wildman–Crippen MR) is 69.9 cm³/mol.